The van der Waals surface area contributed by atoms with Gasteiger partial charge in [0.1, 0.15) is 25.0 Å². The van der Waals surface area contributed by atoms with Crippen molar-refractivity contribution in [2.45, 2.75) is 25.7 Å². The van der Waals surface area contributed by atoms with Gasteiger partial charge in [-0.15, -0.1) is 0 Å². The van der Waals surface area contributed by atoms with Gasteiger partial charge in [0.2, 0.25) is 0 Å². The highest BCUT2D eigenvalue weighted by Crippen LogP contribution is 2.26. The summed E-state index contributed by atoms with van der Waals surface area (Å²) in [7, 11) is 1.28. The lowest BCUT2D eigenvalue weighted by molar-refractivity contribution is -0.143. The van der Waals surface area contributed by atoms with Gasteiger partial charge in [0.25, 0.3) is 0 Å². The quantitative estimate of drug-likeness (QED) is 0.419. The molecule has 6 nitrogen and oxygen atoms in total. The zero-order valence-corrected chi connectivity index (χ0v) is 19.2. The number of carbonyl (C=O) groups excluding carboxylic acids is 2. The standard InChI is InChI=1S/C25H24BrNO5/c1-30-24(28)22(27-25(29)32-17-19-10-6-3-7-11-19)15-20-14-21(26)12-13-23(20)31-16-18-8-4-2-5-9-18/h2-14,22H,15-17H2,1H3,(H,27,29)/t22-/m0/s1. The molecule has 3 rings (SSSR count). The molecule has 0 aliphatic carbocycles. The molecule has 0 aliphatic heterocycles. The van der Waals surface area contributed by atoms with Gasteiger partial charge in [0, 0.05) is 10.9 Å². The van der Waals surface area contributed by atoms with Crippen LogP contribution in [-0.4, -0.2) is 25.2 Å². The Bertz CT molecular complexity index is 1030. The molecular formula is C25H24BrNO5. The normalized spacial score (nSPS) is 11.3. The number of rotatable bonds is 9. The molecular weight excluding hydrogens is 474 g/mol. The van der Waals surface area contributed by atoms with Gasteiger partial charge < -0.3 is 19.5 Å². The molecule has 3 aromatic carbocycles. The van der Waals surface area contributed by atoms with Crippen molar-refractivity contribution in [1.82, 2.24) is 5.32 Å². The molecule has 0 saturated carbocycles. The summed E-state index contributed by atoms with van der Waals surface area (Å²) in [6.45, 7) is 0.480. The van der Waals surface area contributed by atoms with E-state index in [0.29, 0.717) is 12.4 Å². The van der Waals surface area contributed by atoms with Crippen molar-refractivity contribution in [2.24, 2.45) is 0 Å². The van der Waals surface area contributed by atoms with Crippen LogP contribution in [-0.2, 0) is 33.9 Å². The highest BCUT2D eigenvalue weighted by atomic mass is 79.9. The number of ether oxygens (including phenoxy) is 3. The third-order valence-electron chi connectivity index (χ3n) is 4.67. The Labute approximate surface area is 195 Å². The number of carbonyl (C=O) groups is 2. The number of benzene rings is 3. The Morgan fingerprint density at radius 2 is 1.53 bits per heavy atom. The molecule has 32 heavy (non-hydrogen) atoms. The molecule has 1 N–H and O–H groups in total. The van der Waals surface area contributed by atoms with E-state index >= 15 is 0 Å². The molecule has 0 aromatic heterocycles. The van der Waals surface area contributed by atoms with Crippen LogP contribution in [0.5, 0.6) is 5.75 Å². The van der Waals surface area contributed by atoms with Crippen LogP contribution in [0.25, 0.3) is 0 Å². The van der Waals surface area contributed by atoms with Crippen LogP contribution in [0.3, 0.4) is 0 Å². The maximum absolute atomic E-state index is 12.4. The number of esters is 1. The lowest BCUT2D eigenvalue weighted by atomic mass is 10.0. The number of hydrogen-bond donors (Lipinski definition) is 1. The summed E-state index contributed by atoms with van der Waals surface area (Å²) in [6.07, 6.45) is -0.526. The van der Waals surface area contributed by atoms with E-state index in [9.17, 15) is 9.59 Å². The fraction of sp³-hybridized carbons (Fsp3) is 0.200. The minimum atomic E-state index is -0.934. The summed E-state index contributed by atoms with van der Waals surface area (Å²) in [5, 5.41) is 2.60. The zero-order chi connectivity index (χ0) is 22.8. The molecule has 0 bridgehead atoms. The lowest BCUT2D eigenvalue weighted by Gasteiger charge is -2.19. The van der Waals surface area contributed by atoms with Crippen LogP contribution in [0.2, 0.25) is 0 Å². The third kappa shape index (κ3) is 7.13. The molecule has 1 atom stereocenters. The van der Waals surface area contributed by atoms with E-state index in [1.165, 1.54) is 7.11 Å². The summed E-state index contributed by atoms with van der Waals surface area (Å²) in [5.74, 6) is 0.0426. The fourth-order valence-corrected chi connectivity index (χ4v) is 3.45. The van der Waals surface area contributed by atoms with Crippen molar-refractivity contribution in [3.63, 3.8) is 0 Å². The van der Waals surface area contributed by atoms with Crippen molar-refractivity contribution < 1.29 is 23.8 Å². The van der Waals surface area contributed by atoms with Gasteiger partial charge in [-0.2, -0.15) is 0 Å². The van der Waals surface area contributed by atoms with E-state index in [4.69, 9.17) is 14.2 Å². The van der Waals surface area contributed by atoms with Gasteiger partial charge in [-0.3, -0.25) is 0 Å². The summed E-state index contributed by atoms with van der Waals surface area (Å²) in [6, 6.07) is 23.7. The van der Waals surface area contributed by atoms with E-state index in [1.807, 2.05) is 78.9 Å². The second-order valence-corrected chi connectivity index (χ2v) is 7.93. The molecule has 7 heteroatoms. The molecule has 0 saturated heterocycles. The average Bonchev–Trinajstić information content (AvgIpc) is 2.82. The maximum Gasteiger partial charge on any atom is 0.408 e. The number of alkyl carbamates (subject to hydrolysis) is 1. The van der Waals surface area contributed by atoms with Crippen molar-refractivity contribution in [3.05, 3.63) is 100 Å². The molecule has 3 aromatic rings. The fourth-order valence-electron chi connectivity index (χ4n) is 3.05. The maximum atomic E-state index is 12.4. The van der Waals surface area contributed by atoms with E-state index in [1.54, 1.807) is 0 Å². The SMILES string of the molecule is COC(=O)[C@H](Cc1cc(Br)ccc1OCc1ccccc1)NC(=O)OCc1ccccc1. The minimum Gasteiger partial charge on any atom is -0.489 e. The van der Waals surface area contributed by atoms with Crippen molar-refractivity contribution in [1.29, 1.82) is 0 Å². The Balaban J connectivity index is 1.68. The number of amides is 1. The van der Waals surface area contributed by atoms with Crippen molar-refractivity contribution in [2.75, 3.05) is 7.11 Å². The number of nitrogens with one attached hydrogen (secondary N) is 1. The Kier molecular flexibility index (Phi) is 8.69. The highest BCUT2D eigenvalue weighted by Gasteiger charge is 2.24. The predicted octanol–water partition coefficient (Wildman–Crippen LogP) is 5.04. The highest BCUT2D eigenvalue weighted by molar-refractivity contribution is 9.10. The van der Waals surface area contributed by atoms with Gasteiger partial charge in [0.15, 0.2) is 0 Å². The number of hydrogen-bond acceptors (Lipinski definition) is 5. The zero-order valence-electron chi connectivity index (χ0n) is 17.6. The van der Waals surface area contributed by atoms with E-state index < -0.39 is 18.1 Å². The van der Waals surface area contributed by atoms with E-state index in [-0.39, 0.29) is 13.0 Å². The van der Waals surface area contributed by atoms with Gasteiger partial charge >= 0.3 is 12.1 Å². The van der Waals surface area contributed by atoms with E-state index in [0.717, 1.165) is 21.2 Å². The van der Waals surface area contributed by atoms with Gasteiger partial charge in [-0.05, 0) is 34.9 Å². The molecule has 166 valence electrons. The smallest absolute Gasteiger partial charge is 0.408 e. The topological polar surface area (TPSA) is 73.9 Å². The second-order valence-electron chi connectivity index (χ2n) is 7.01. The first-order valence-electron chi connectivity index (χ1n) is 10.1. The largest absolute Gasteiger partial charge is 0.489 e. The molecule has 0 heterocycles. The van der Waals surface area contributed by atoms with Crippen LogP contribution in [0, 0.1) is 0 Å². The molecule has 0 fully saturated rings. The van der Waals surface area contributed by atoms with Crippen LogP contribution in [0.4, 0.5) is 4.79 Å². The molecule has 0 unspecified atom stereocenters. The Morgan fingerprint density at radius 1 is 0.906 bits per heavy atom. The van der Waals surface area contributed by atoms with Crippen molar-refractivity contribution >= 4 is 28.0 Å². The van der Waals surface area contributed by atoms with Crippen molar-refractivity contribution in [3.8, 4) is 5.75 Å². The van der Waals surface area contributed by atoms with Crippen LogP contribution in [0.1, 0.15) is 16.7 Å². The number of halogens is 1. The average molecular weight is 498 g/mol. The first kappa shape index (κ1) is 23.3. The summed E-state index contributed by atoms with van der Waals surface area (Å²) < 4.78 is 17.0. The predicted molar refractivity (Wildman–Crippen MR) is 124 cm³/mol. The third-order valence-corrected chi connectivity index (χ3v) is 5.17. The Morgan fingerprint density at radius 3 is 2.16 bits per heavy atom. The minimum absolute atomic E-state index is 0.100. The van der Waals surface area contributed by atoms with Crippen LogP contribution < -0.4 is 10.1 Å². The lowest BCUT2D eigenvalue weighted by Crippen LogP contribution is -2.43. The van der Waals surface area contributed by atoms with E-state index in [2.05, 4.69) is 21.2 Å². The van der Waals surface area contributed by atoms with Gasteiger partial charge in [-0.1, -0.05) is 76.6 Å². The monoisotopic (exact) mass is 497 g/mol. The molecule has 0 radical (unpaired) electrons. The Hall–Kier alpha value is -3.32. The molecule has 1 amide bonds. The van der Waals surface area contributed by atoms with Gasteiger partial charge in [0.05, 0.1) is 7.11 Å². The first-order valence-corrected chi connectivity index (χ1v) is 10.8. The number of methoxy groups -OCH3 is 1. The first-order chi connectivity index (χ1) is 15.5. The van der Waals surface area contributed by atoms with Crippen LogP contribution in [0.15, 0.2) is 83.3 Å². The molecule has 0 aliphatic rings. The summed E-state index contributed by atoms with van der Waals surface area (Å²) in [5.41, 5.74) is 2.61. The summed E-state index contributed by atoms with van der Waals surface area (Å²) in [4.78, 5) is 24.7. The molecule has 0 spiro atoms. The summed E-state index contributed by atoms with van der Waals surface area (Å²) >= 11 is 3.45. The second kappa shape index (κ2) is 11.9. The van der Waals surface area contributed by atoms with Gasteiger partial charge in [-0.25, -0.2) is 9.59 Å². The van der Waals surface area contributed by atoms with Crippen LogP contribution >= 0.6 is 15.9 Å².